The topological polar surface area (TPSA) is 50.8 Å². The molecule has 5 nitrogen and oxygen atoms in total. The summed E-state index contributed by atoms with van der Waals surface area (Å²) in [6.45, 7) is 2.85. The van der Waals surface area contributed by atoms with Crippen molar-refractivity contribution in [1.82, 2.24) is 10.2 Å². The Hall–Kier alpha value is -1.43. The van der Waals surface area contributed by atoms with Gasteiger partial charge in [0, 0.05) is 32.0 Å². The Labute approximate surface area is 149 Å². The number of carbonyl (C=O) groups is 1. The number of piperidine rings is 1. The zero-order chi connectivity index (χ0) is 17.3. The predicted octanol–water partition coefficient (Wildman–Crippen LogP) is 2.17. The number of likely N-dealkylation sites (tertiary alicyclic amines) is 1. The number of carbonyl (C=O) groups excluding carboxylic acids is 1. The number of nitrogens with zero attached hydrogens (tertiary/aromatic N) is 1. The quantitative estimate of drug-likeness (QED) is 0.913. The summed E-state index contributed by atoms with van der Waals surface area (Å²) >= 11 is 0. The maximum Gasteiger partial charge on any atom is 0.224 e. The van der Waals surface area contributed by atoms with E-state index in [2.05, 4.69) is 17.3 Å². The van der Waals surface area contributed by atoms with Crippen molar-refractivity contribution in [2.45, 2.75) is 44.1 Å². The van der Waals surface area contributed by atoms with Gasteiger partial charge in [-0.2, -0.15) is 0 Å². The minimum absolute atomic E-state index is 0.0477. The molecule has 25 heavy (non-hydrogen) atoms. The van der Waals surface area contributed by atoms with Gasteiger partial charge in [-0.15, -0.1) is 0 Å². The molecule has 3 atom stereocenters. The van der Waals surface area contributed by atoms with E-state index < -0.39 is 0 Å². The molecule has 0 radical (unpaired) electrons. The normalized spacial score (nSPS) is 31.6. The Bertz CT molecular complexity index is 600. The highest BCUT2D eigenvalue weighted by Crippen LogP contribution is 2.44. The minimum Gasteiger partial charge on any atom is -0.352 e. The first-order chi connectivity index (χ1) is 12.2. The lowest BCUT2D eigenvalue weighted by atomic mass is 9.72. The van der Waals surface area contributed by atoms with E-state index in [0.717, 1.165) is 37.8 Å². The summed E-state index contributed by atoms with van der Waals surface area (Å²) in [7, 11) is 2.16. The molecule has 1 N–H and O–H groups in total. The van der Waals surface area contributed by atoms with Crippen molar-refractivity contribution in [3.63, 3.8) is 0 Å². The van der Waals surface area contributed by atoms with Gasteiger partial charge in [-0.3, -0.25) is 4.79 Å². The number of fused-ring (bicyclic) bond motifs is 1. The Morgan fingerprint density at radius 2 is 2.04 bits per heavy atom. The first-order valence-electron chi connectivity index (χ1n) is 9.45. The second-order valence-electron chi connectivity index (χ2n) is 7.75. The van der Waals surface area contributed by atoms with Crippen LogP contribution in [0.3, 0.4) is 0 Å². The van der Waals surface area contributed by atoms with Gasteiger partial charge >= 0.3 is 0 Å². The van der Waals surface area contributed by atoms with Gasteiger partial charge in [-0.25, -0.2) is 0 Å². The van der Waals surface area contributed by atoms with Crippen LogP contribution in [-0.4, -0.2) is 49.4 Å². The molecule has 1 aliphatic carbocycles. The second-order valence-corrected chi connectivity index (χ2v) is 7.75. The highest BCUT2D eigenvalue weighted by atomic mass is 16.7. The van der Waals surface area contributed by atoms with Crippen LogP contribution in [0.4, 0.5) is 0 Å². The Morgan fingerprint density at radius 3 is 2.80 bits per heavy atom. The Kier molecular flexibility index (Phi) is 4.80. The fraction of sp³-hybridized carbons (Fsp3) is 0.650. The van der Waals surface area contributed by atoms with Crippen LogP contribution in [0.1, 0.15) is 31.2 Å². The molecule has 2 heterocycles. The molecule has 1 aromatic carbocycles. The zero-order valence-corrected chi connectivity index (χ0v) is 14.9. The smallest absolute Gasteiger partial charge is 0.224 e. The third-order valence-corrected chi connectivity index (χ3v) is 6.09. The zero-order valence-electron chi connectivity index (χ0n) is 14.9. The average Bonchev–Trinajstić information content (AvgIpc) is 3.07. The number of benzene rings is 1. The summed E-state index contributed by atoms with van der Waals surface area (Å²) in [6.07, 6.45) is 3.93. The fourth-order valence-electron chi connectivity index (χ4n) is 4.86. The molecule has 0 bridgehead atoms. The van der Waals surface area contributed by atoms with Crippen molar-refractivity contribution in [1.29, 1.82) is 0 Å². The van der Waals surface area contributed by atoms with E-state index in [1.807, 2.05) is 30.3 Å². The van der Waals surface area contributed by atoms with Gasteiger partial charge < -0.3 is 19.7 Å². The second kappa shape index (κ2) is 7.06. The lowest BCUT2D eigenvalue weighted by molar-refractivity contribution is -0.202. The summed E-state index contributed by atoms with van der Waals surface area (Å²) in [5, 5.41) is 3.12. The first-order valence-corrected chi connectivity index (χ1v) is 9.45. The molecule has 1 saturated carbocycles. The number of nitrogens with one attached hydrogen (secondary N) is 1. The molecule has 1 amide bonds. The molecule has 5 heteroatoms. The summed E-state index contributed by atoms with van der Waals surface area (Å²) in [5.41, 5.74) is 1.14. The molecular weight excluding hydrogens is 316 g/mol. The van der Waals surface area contributed by atoms with Crippen molar-refractivity contribution in [2.24, 2.45) is 11.8 Å². The highest BCUT2D eigenvalue weighted by Gasteiger charge is 2.49. The van der Waals surface area contributed by atoms with Crippen LogP contribution in [-0.2, 0) is 20.8 Å². The van der Waals surface area contributed by atoms with E-state index in [0.29, 0.717) is 31.7 Å². The van der Waals surface area contributed by atoms with Crippen LogP contribution in [0.5, 0.6) is 0 Å². The molecule has 3 aliphatic rings. The van der Waals surface area contributed by atoms with Crippen molar-refractivity contribution in [3.05, 3.63) is 35.9 Å². The molecule has 136 valence electrons. The molecule has 2 aliphatic heterocycles. The molecule has 0 unspecified atom stereocenters. The summed E-state index contributed by atoms with van der Waals surface area (Å²) in [6, 6.07) is 10.6. The van der Waals surface area contributed by atoms with E-state index in [1.54, 1.807) is 0 Å². The number of rotatable bonds is 3. The maximum atomic E-state index is 12.7. The van der Waals surface area contributed by atoms with Crippen molar-refractivity contribution >= 4 is 5.91 Å². The van der Waals surface area contributed by atoms with Gasteiger partial charge in [-0.1, -0.05) is 30.3 Å². The van der Waals surface area contributed by atoms with Crippen molar-refractivity contribution in [3.8, 4) is 0 Å². The summed E-state index contributed by atoms with van der Waals surface area (Å²) in [4.78, 5) is 15.1. The summed E-state index contributed by atoms with van der Waals surface area (Å²) in [5.74, 6) is 0.316. The highest BCUT2D eigenvalue weighted by molar-refractivity contribution is 5.79. The number of hydrogen-bond donors (Lipinski definition) is 1. The Morgan fingerprint density at radius 1 is 1.28 bits per heavy atom. The number of hydrogen-bond acceptors (Lipinski definition) is 4. The van der Waals surface area contributed by atoms with Gasteiger partial charge in [0.05, 0.1) is 19.1 Å². The van der Waals surface area contributed by atoms with Gasteiger partial charge in [-0.05, 0) is 31.4 Å². The molecule has 1 aromatic rings. The van der Waals surface area contributed by atoms with Crippen molar-refractivity contribution < 1.29 is 14.3 Å². The minimum atomic E-state index is -0.371. The van der Waals surface area contributed by atoms with Crippen LogP contribution in [0.2, 0.25) is 0 Å². The Balaban J connectivity index is 1.37. The van der Waals surface area contributed by atoms with Crippen LogP contribution in [0.15, 0.2) is 30.3 Å². The summed E-state index contributed by atoms with van der Waals surface area (Å²) < 4.78 is 11.9. The largest absolute Gasteiger partial charge is 0.352 e. The van der Waals surface area contributed by atoms with Gasteiger partial charge in [0.1, 0.15) is 0 Å². The van der Waals surface area contributed by atoms with Gasteiger partial charge in [0.25, 0.3) is 0 Å². The third kappa shape index (κ3) is 3.59. The molecule has 3 fully saturated rings. The predicted molar refractivity (Wildman–Crippen MR) is 94.8 cm³/mol. The fourth-order valence-corrected chi connectivity index (χ4v) is 4.86. The molecule has 1 spiro atoms. The monoisotopic (exact) mass is 344 g/mol. The maximum absolute atomic E-state index is 12.7. The van der Waals surface area contributed by atoms with Crippen molar-refractivity contribution in [2.75, 3.05) is 26.8 Å². The van der Waals surface area contributed by atoms with Crippen LogP contribution >= 0.6 is 0 Å². The number of ether oxygens (including phenoxy) is 2. The molecule has 2 saturated heterocycles. The molecule has 0 aromatic heterocycles. The molecule has 4 rings (SSSR count). The van der Waals surface area contributed by atoms with Gasteiger partial charge in [0.15, 0.2) is 5.79 Å². The lowest BCUT2D eigenvalue weighted by Crippen LogP contribution is -2.55. The van der Waals surface area contributed by atoms with Crippen LogP contribution < -0.4 is 5.32 Å². The third-order valence-electron chi connectivity index (χ3n) is 6.09. The SMILES string of the molecule is CN1C[C@H](C(=O)NCc2ccccc2)C[C@@H]2CC3(CC[C@H]21)OCCO3. The van der Waals surface area contributed by atoms with Gasteiger partial charge in [0.2, 0.25) is 5.91 Å². The van der Waals surface area contributed by atoms with E-state index in [4.69, 9.17) is 9.47 Å². The standard InChI is InChI=1S/C20H28N2O3/c1-22-14-17(19(23)21-13-15-5-3-2-4-6-15)11-16-12-20(8-7-18(16)22)24-9-10-25-20/h2-6,16-18H,7-14H2,1H3,(H,21,23)/t16-,17-,18-/m1/s1. The van der Waals surface area contributed by atoms with E-state index in [-0.39, 0.29) is 17.6 Å². The number of amides is 1. The van der Waals surface area contributed by atoms with Crippen LogP contribution in [0, 0.1) is 11.8 Å². The van der Waals surface area contributed by atoms with E-state index >= 15 is 0 Å². The van der Waals surface area contributed by atoms with E-state index in [1.165, 1.54) is 0 Å². The van der Waals surface area contributed by atoms with E-state index in [9.17, 15) is 4.79 Å². The lowest BCUT2D eigenvalue weighted by Gasteiger charge is -2.49. The first kappa shape index (κ1) is 17.0. The van der Waals surface area contributed by atoms with Crippen LogP contribution in [0.25, 0.3) is 0 Å². The average molecular weight is 344 g/mol. The molecular formula is C20H28N2O3.